The first-order chi connectivity index (χ1) is 7.22. The minimum atomic E-state index is -0.280. The van der Waals surface area contributed by atoms with Gasteiger partial charge in [0.25, 0.3) is 0 Å². The second kappa shape index (κ2) is 5.78. The molecule has 2 N–H and O–H groups in total. The molecule has 0 heterocycles. The summed E-state index contributed by atoms with van der Waals surface area (Å²) in [6, 6.07) is 5.62. The Bertz CT molecular complexity index is 352. The number of ether oxygens (including phenoxy) is 1. The molecule has 0 spiro atoms. The molecule has 1 rings (SSSR count). The Hall–Kier alpha value is -1.00. The number of thioether (sulfide) groups is 1. The summed E-state index contributed by atoms with van der Waals surface area (Å²) >= 11 is 1.53. The fourth-order valence-corrected chi connectivity index (χ4v) is 1.82. The number of carbonyl (C=O) groups excluding carboxylic acids is 1. The van der Waals surface area contributed by atoms with Crippen molar-refractivity contribution in [2.75, 3.05) is 12.9 Å². The van der Waals surface area contributed by atoms with Crippen LogP contribution in [-0.2, 0) is 11.3 Å². The second-order valence-corrected chi connectivity index (χ2v) is 3.81. The normalized spacial score (nSPS) is 10.1. The maximum atomic E-state index is 11.6. The fraction of sp³-hybridized carbons (Fsp3) is 0.364. The van der Waals surface area contributed by atoms with Crippen molar-refractivity contribution >= 4 is 17.7 Å². The molecule has 1 aromatic rings. The average molecular weight is 225 g/mol. The first-order valence-corrected chi connectivity index (χ1v) is 5.99. The Labute approximate surface area is 94.0 Å². The van der Waals surface area contributed by atoms with E-state index >= 15 is 0 Å². The topological polar surface area (TPSA) is 52.3 Å². The number of rotatable bonds is 4. The molecule has 0 aliphatic carbocycles. The predicted octanol–water partition coefficient (Wildman–Crippen LogP) is 2.04. The van der Waals surface area contributed by atoms with Gasteiger partial charge in [0.05, 0.1) is 12.2 Å². The highest BCUT2D eigenvalue weighted by atomic mass is 32.2. The molecule has 0 atom stereocenters. The van der Waals surface area contributed by atoms with Crippen LogP contribution in [-0.4, -0.2) is 18.8 Å². The van der Waals surface area contributed by atoms with Gasteiger partial charge in [-0.05, 0) is 30.9 Å². The molecule has 0 unspecified atom stereocenters. The molecule has 0 saturated carbocycles. The molecule has 15 heavy (non-hydrogen) atoms. The smallest absolute Gasteiger partial charge is 0.339 e. The molecule has 0 saturated heterocycles. The zero-order valence-corrected chi connectivity index (χ0v) is 9.76. The Balaban J connectivity index is 3.05. The van der Waals surface area contributed by atoms with Crippen LogP contribution in [0, 0.1) is 0 Å². The summed E-state index contributed by atoms with van der Waals surface area (Å²) in [5.74, 6) is -0.280. The van der Waals surface area contributed by atoms with Crippen molar-refractivity contribution in [2.45, 2.75) is 18.4 Å². The van der Waals surface area contributed by atoms with Gasteiger partial charge in [0.2, 0.25) is 0 Å². The van der Waals surface area contributed by atoms with Crippen molar-refractivity contribution in [3.63, 3.8) is 0 Å². The van der Waals surface area contributed by atoms with E-state index in [9.17, 15) is 4.79 Å². The monoisotopic (exact) mass is 225 g/mol. The van der Waals surface area contributed by atoms with Crippen LogP contribution in [0.1, 0.15) is 22.8 Å². The van der Waals surface area contributed by atoms with Crippen LogP contribution in [0.25, 0.3) is 0 Å². The summed E-state index contributed by atoms with van der Waals surface area (Å²) in [5, 5.41) is 0. The number of benzene rings is 1. The minimum Gasteiger partial charge on any atom is -0.462 e. The number of hydrogen-bond acceptors (Lipinski definition) is 4. The van der Waals surface area contributed by atoms with E-state index in [1.807, 2.05) is 18.4 Å². The maximum Gasteiger partial charge on any atom is 0.339 e. The zero-order valence-electron chi connectivity index (χ0n) is 8.95. The molecular formula is C11H15NO2S. The van der Waals surface area contributed by atoms with Gasteiger partial charge in [0.15, 0.2) is 0 Å². The third kappa shape index (κ3) is 2.97. The van der Waals surface area contributed by atoms with Crippen molar-refractivity contribution in [3.8, 4) is 0 Å². The van der Waals surface area contributed by atoms with E-state index in [2.05, 4.69) is 0 Å². The van der Waals surface area contributed by atoms with Crippen LogP contribution >= 0.6 is 11.8 Å². The standard InChI is InChI=1S/C11H15NO2S/c1-3-14-11(13)9-6-8(7-12)4-5-10(9)15-2/h4-6H,3,7,12H2,1-2H3. The molecule has 0 fully saturated rings. The van der Waals surface area contributed by atoms with E-state index in [1.165, 1.54) is 11.8 Å². The van der Waals surface area contributed by atoms with Crippen molar-refractivity contribution < 1.29 is 9.53 Å². The van der Waals surface area contributed by atoms with Crippen LogP contribution in [0.5, 0.6) is 0 Å². The molecule has 0 aromatic heterocycles. The van der Waals surface area contributed by atoms with E-state index in [-0.39, 0.29) is 5.97 Å². The van der Waals surface area contributed by atoms with E-state index in [0.717, 1.165) is 10.5 Å². The third-order valence-electron chi connectivity index (χ3n) is 1.99. The van der Waals surface area contributed by atoms with Crippen molar-refractivity contribution in [1.29, 1.82) is 0 Å². The van der Waals surface area contributed by atoms with Crippen LogP contribution in [0.3, 0.4) is 0 Å². The summed E-state index contributed by atoms with van der Waals surface area (Å²) in [6.45, 7) is 2.62. The van der Waals surface area contributed by atoms with Gasteiger partial charge in [-0.15, -0.1) is 11.8 Å². The van der Waals surface area contributed by atoms with Crippen LogP contribution in [0.15, 0.2) is 23.1 Å². The number of esters is 1. The van der Waals surface area contributed by atoms with Gasteiger partial charge in [-0.1, -0.05) is 6.07 Å². The highest BCUT2D eigenvalue weighted by Crippen LogP contribution is 2.22. The van der Waals surface area contributed by atoms with Crippen molar-refractivity contribution in [1.82, 2.24) is 0 Å². The molecular weight excluding hydrogens is 210 g/mol. The third-order valence-corrected chi connectivity index (χ3v) is 2.79. The van der Waals surface area contributed by atoms with E-state index in [0.29, 0.717) is 18.7 Å². The quantitative estimate of drug-likeness (QED) is 0.629. The molecule has 3 nitrogen and oxygen atoms in total. The highest BCUT2D eigenvalue weighted by Gasteiger charge is 2.12. The highest BCUT2D eigenvalue weighted by molar-refractivity contribution is 7.98. The van der Waals surface area contributed by atoms with Gasteiger partial charge in [0, 0.05) is 11.4 Å². The molecule has 1 aromatic carbocycles. The second-order valence-electron chi connectivity index (χ2n) is 2.96. The fourth-order valence-electron chi connectivity index (χ4n) is 1.25. The van der Waals surface area contributed by atoms with Gasteiger partial charge in [0.1, 0.15) is 0 Å². The summed E-state index contributed by atoms with van der Waals surface area (Å²) in [5.41, 5.74) is 7.07. The lowest BCUT2D eigenvalue weighted by molar-refractivity contribution is 0.0522. The first kappa shape index (κ1) is 12.1. The van der Waals surface area contributed by atoms with Crippen molar-refractivity contribution in [3.05, 3.63) is 29.3 Å². The molecule has 0 bridgehead atoms. The van der Waals surface area contributed by atoms with Gasteiger partial charge in [-0.25, -0.2) is 4.79 Å². The summed E-state index contributed by atoms with van der Waals surface area (Å²) < 4.78 is 4.98. The summed E-state index contributed by atoms with van der Waals surface area (Å²) in [7, 11) is 0. The summed E-state index contributed by atoms with van der Waals surface area (Å²) in [6.07, 6.45) is 1.93. The van der Waals surface area contributed by atoms with Crippen LogP contribution in [0.2, 0.25) is 0 Å². The molecule has 4 heteroatoms. The number of hydrogen-bond donors (Lipinski definition) is 1. The number of nitrogens with two attached hydrogens (primary N) is 1. The lowest BCUT2D eigenvalue weighted by atomic mass is 10.1. The predicted molar refractivity (Wildman–Crippen MR) is 62.1 cm³/mol. The lowest BCUT2D eigenvalue weighted by Crippen LogP contribution is -2.08. The van der Waals surface area contributed by atoms with Crippen LogP contribution in [0.4, 0.5) is 0 Å². The molecule has 82 valence electrons. The van der Waals surface area contributed by atoms with Gasteiger partial charge in [-0.2, -0.15) is 0 Å². The first-order valence-electron chi connectivity index (χ1n) is 4.77. The van der Waals surface area contributed by atoms with Gasteiger partial charge in [-0.3, -0.25) is 0 Å². The lowest BCUT2D eigenvalue weighted by Gasteiger charge is -2.08. The molecule has 0 aliphatic rings. The van der Waals surface area contributed by atoms with E-state index in [4.69, 9.17) is 10.5 Å². The maximum absolute atomic E-state index is 11.6. The minimum absolute atomic E-state index is 0.280. The Morgan fingerprint density at radius 3 is 2.80 bits per heavy atom. The van der Waals surface area contributed by atoms with E-state index < -0.39 is 0 Å². The van der Waals surface area contributed by atoms with Gasteiger partial charge < -0.3 is 10.5 Å². The average Bonchev–Trinajstić information content (AvgIpc) is 2.28. The molecule has 0 amide bonds. The Kier molecular flexibility index (Phi) is 4.65. The molecule has 0 aliphatic heterocycles. The summed E-state index contributed by atoms with van der Waals surface area (Å²) in [4.78, 5) is 12.5. The SMILES string of the molecule is CCOC(=O)c1cc(CN)ccc1SC. The number of carbonyl (C=O) groups is 1. The Morgan fingerprint density at radius 2 is 2.27 bits per heavy atom. The van der Waals surface area contributed by atoms with Gasteiger partial charge >= 0.3 is 5.97 Å². The largest absolute Gasteiger partial charge is 0.462 e. The van der Waals surface area contributed by atoms with Crippen molar-refractivity contribution in [2.24, 2.45) is 5.73 Å². The molecule has 0 radical (unpaired) electrons. The Morgan fingerprint density at radius 1 is 1.53 bits per heavy atom. The van der Waals surface area contributed by atoms with E-state index in [1.54, 1.807) is 13.0 Å². The zero-order chi connectivity index (χ0) is 11.3. The van der Waals surface area contributed by atoms with Crippen LogP contribution < -0.4 is 5.73 Å².